The van der Waals surface area contributed by atoms with Gasteiger partial charge in [0.25, 0.3) is 0 Å². The van der Waals surface area contributed by atoms with Crippen molar-refractivity contribution in [1.82, 2.24) is 10.6 Å². The molecule has 1 rings (SSSR count). The van der Waals surface area contributed by atoms with E-state index >= 15 is 0 Å². The van der Waals surface area contributed by atoms with Crippen molar-refractivity contribution in [2.24, 2.45) is 0 Å². The molecule has 0 radical (unpaired) electrons. The van der Waals surface area contributed by atoms with Gasteiger partial charge in [-0.25, -0.2) is 0 Å². The van der Waals surface area contributed by atoms with E-state index < -0.39 is 0 Å². The van der Waals surface area contributed by atoms with E-state index in [4.69, 9.17) is 10.2 Å². The van der Waals surface area contributed by atoms with Gasteiger partial charge in [0.05, 0.1) is 13.2 Å². The zero-order chi connectivity index (χ0) is 14.8. The summed E-state index contributed by atoms with van der Waals surface area (Å²) in [4.78, 5) is 0. The number of rotatable bonds is 10. The topological polar surface area (TPSA) is 64.5 Å². The summed E-state index contributed by atoms with van der Waals surface area (Å²) in [5.74, 6) is 0. The lowest BCUT2D eigenvalue weighted by molar-refractivity contribution is 0.238. The van der Waals surface area contributed by atoms with Gasteiger partial charge >= 0.3 is 0 Å². The molecule has 0 saturated heterocycles. The molecule has 114 valence electrons. The van der Waals surface area contributed by atoms with Crippen molar-refractivity contribution in [2.75, 3.05) is 13.2 Å². The van der Waals surface area contributed by atoms with Gasteiger partial charge in [-0.05, 0) is 24.0 Å². The summed E-state index contributed by atoms with van der Waals surface area (Å²) >= 11 is 0. The Morgan fingerprint density at radius 3 is 1.70 bits per heavy atom. The van der Waals surface area contributed by atoms with Crippen molar-refractivity contribution in [3.05, 3.63) is 35.4 Å². The van der Waals surface area contributed by atoms with Gasteiger partial charge in [-0.15, -0.1) is 0 Å². The first-order valence-corrected chi connectivity index (χ1v) is 7.49. The van der Waals surface area contributed by atoms with Crippen molar-refractivity contribution in [3.8, 4) is 0 Å². The highest BCUT2D eigenvalue weighted by Gasteiger charge is 2.05. The van der Waals surface area contributed by atoms with Crippen LogP contribution < -0.4 is 10.6 Å². The van der Waals surface area contributed by atoms with Crippen LogP contribution in [0.4, 0.5) is 0 Å². The molecule has 4 heteroatoms. The average Bonchev–Trinajstić information content (AvgIpc) is 2.50. The van der Waals surface area contributed by atoms with Crippen LogP contribution in [-0.2, 0) is 13.1 Å². The van der Waals surface area contributed by atoms with Crippen LogP contribution in [0.5, 0.6) is 0 Å². The summed E-state index contributed by atoms with van der Waals surface area (Å²) in [6.45, 7) is 6.01. The summed E-state index contributed by atoms with van der Waals surface area (Å²) in [6, 6.07) is 8.71. The quantitative estimate of drug-likeness (QED) is 0.523. The molecule has 0 aliphatic rings. The standard InChI is InChI=1S/C16H28N2O2/c1-3-15(11-19)17-9-13-6-5-7-14(8-13)10-18-16(4-2)12-20/h5-8,15-20H,3-4,9-12H2,1-2H3/t15-,16-/m1/s1. The Hall–Kier alpha value is -0.940. The van der Waals surface area contributed by atoms with Gasteiger partial charge in [0.2, 0.25) is 0 Å². The fourth-order valence-electron chi connectivity index (χ4n) is 2.05. The van der Waals surface area contributed by atoms with Crippen LogP contribution in [-0.4, -0.2) is 35.5 Å². The van der Waals surface area contributed by atoms with E-state index in [0.29, 0.717) is 0 Å². The molecular weight excluding hydrogens is 252 g/mol. The largest absolute Gasteiger partial charge is 0.395 e. The molecule has 0 bridgehead atoms. The number of aliphatic hydroxyl groups excluding tert-OH is 2. The SMILES string of the molecule is CC[C@H](CO)NCc1cccc(CN[C@H](CC)CO)c1. The zero-order valence-corrected chi connectivity index (χ0v) is 12.6. The van der Waals surface area contributed by atoms with Crippen molar-refractivity contribution >= 4 is 0 Å². The van der Waals surface area contributed by atoms with Crippen LogP contribution in [0.2, 0.25) is 0 Å². The molecule has 0 aliphatic carbocycles. The van der Waals surface area contributed by atoms with E-state index in [9.17, 15) is 0 Å². The van der Waals surface area contributed by atoms with Crippen LogP contribution in [0.3, 0.4) is 0 Å². The Balaban J connectivity index is 2.48. The maximum absolute atomic E-state index is 9.16. The third-order valence-electron chi connectivity index (χ3n) is 3.61. The third-order valence-corrected chi connectivity index (χ3v) is 3.61. The minimum absolute atomic E-state index is 0.163. The predicted octanol–water partition coefficient (Wildman–Crippen LogP) is 1.41. The molecular formula is C16H28N2O2. The minimum Gasteiger partial charge on any atom is -0.395 e. The number of hydrogen-bond donors (Lipinski definition) is 4. The second kappa shape index (κ2) is 9.88. The summed E-state index contributed by atoms with van der Waals surface area (Å²) < 4.78 is 0. The summed E-state index contributed by atoms with van der Waals surface area (Å²) in [7, 11) is 0. The van der Waals surface area contributed by atoms with Crippen molar-refractivity contribution < 1.29 is 10.2 Å². The Labute approximate surface area is 122 Å². The van der Waals surface area contributed by atoms with Gasteiger partial charge in [0.15, 0.2) is 0 Å². The zero-order valence-electron chi connectivity index (χ0n) is 12.6. The van der Waals surface area contributed by atoms with Crippen LogP contribution in [0.15, 0.2) is 24.3 Å². The number of nitrogens with one attached hydrogen (secondary N) is 2. The predicted molar refractivity (Wildman–Crippen MR) is 82.5 cm³/mol. The van der Waals surface area contributed by atoms with Crippen LogP contribution in [0.25, 0.3) is 0 Å². The van der Waals surface area contributed by atoms with Gasteiger partial charge in [0, 0.05) is 25.2 Å². The molecule has 20 heavy (non-hydrogen) atoms. The first kappa shape index (κ1) is 17.1. The van der Waals surface area contributed by atoms with Crippen molar-refractivity contribution in [1.29, 1.82) is 0 Å². The van der Waals surface area contributed by atoms with Crippen LogP contribution in [0, 0.1) is 0 Å². The molecule has 4 nitrogen and oxygen atoms in total. The lowest BCUT2D eigenvalue weighted by Crippen LogP contribution is -2.32. The highest BCUT2D eigenvalue weighted by molar-refractivity contribution is 5.23. The lowest BCUT2D eigenvalue weighted by Gasteiger charge is -2.16. The minimum atomic E-state index is 0.163. The number of hydrogen-bond acceptors (Lipinski definition) is 4. The van der Waals surface area contributed by atoms with Gasteiger partial charge in [0.1, 0.15) is 0 Å². The molecule has 1 aromatic rings. The number of benzene rings is 1. The van der Waals surface area contributed by atoms with E-state index in [2.05, 4.69) is 42.7 Å². The Morgan fingerprint density at radius 2 is 1.35 bits per heavy atom. The molecule has 2 atom stereocenters. The highest BCUT2D eigenvalue weighted by atomic mass is 16.3. The molecule has 0 unspecified atom stereocenters. The van der Waals surface area contributed by atoms with E-state index in [1.54, 1.807) is 0 Å². The van der Waals surface area contributed by atoms with E-state index in [1.807, 2.05) is 6.07 Å². The molecule has 0 saturated carbocycles. The van der Waals surface area contributed by atoms with Gasteiger partial charge < -0.3 is 20.8 Å². The smallest absolute Gasteiger partial charge is 0.0584 e. The molecule has 0 fully saturated rings. The highest BCUT2D eigenvalue weighted by Crippen LogP contribution is 2.06. The third kappa shape index (κ3) is 6.01. The average molecular weight is 280 g/mol. The first-order chi connectivity index (χ1) is 9.73. The van der Waals surface area contributed by atoms with Crippen LogP contribution >= 0.6 is 0 Å². The number of aliphatic hydroxyl groups is 2. The Morgan fingerprint density at radius 1 is 0.900 bits per heavy atom. The van der Waals surface area contributed by atoms with E-state index in [-0.39, 0.29) is 25.3 Å². The second-order valence-corrected chi connectivity index (χ2v) is 5.16. The Bertz CT molecular complexity index is 332. The summed E-state index contributed by atoms with van der Waals surface area (Å²) in [5.41, 5.74) is 2.43. The molecule has 0 aliphatic heterocycles. The normalized spacial score (nSPS) is 14.2. The maximum Gasteiger partial charge on any atom is 0.0584 e. The molecule has 0 heterocycles. The van der Waals surface area contributed by atoms with Crippen LogP contribution in [0.1, 0.15) is 37.8 Å². The molecule has 0 spiro atoms. The Kier molecular flexibility index (Phi) is 8.46. The van der Waals surface area contributed by atoms with Crippen molar-refractivity contribution in [3.63, 3.8) is 0 Å². The van der Waals surface area contributed by atoms with Crippen molar-refractivity contribution in [2.45, 2.75) is 51.9 Å². The first-order valence-electron chi connectivity index (χ1n) is 7.49. The van der Waals surface area contributed by atoms with E-state index in [1.165, 1.54) is 11.1 Å². The lowest BCUT2D eigenvalue weighted by atomic mass is 10.1. The van der Waals surface area contributed by atoms with Gasteiger partial charge in [-0.2, -0.15) is 0 Å². The summed E-state index contributed by atoms with van der Waals surface area (Å²) in [6.07, 6.45) is 1.85. The molecule has 1 aromatic carbocycles. The molecule has 4 N–H and O–H groups in total. The summed E-state index contributed by atoms with van der Waals surface area (Å²) in [5, 5.41) is 25.0. The monoisotopic (exact) mass is 280 g/mol. The fraction of sp³-hybridized carbons (Fsp3) is 0.625. The fourth-order valence-corrected chi connectivity index (χ4v) is 2.05. The molecule has 0 aromatic heterocycles. The molecule has 0 amide bonds. The maximum atomic E-state index is 9.16. The van der Waals surface area contributed by atoms with E-state index in [0.717, 1.165) is 25.9 Å². The van der Waals surface area contributed by atoms with Gasteiger partial charge in [-0.3, -0.25) is 0 Å². The van der Waals surface area contributed by atoms with Gasteiger partial charge in [-0.1, -0.05) is 38.1 Å². The second-order valence-electron chi connectivity index (χ2n) is 5.16.